The first-order chi connectivity index (χ1) is 21.7. The molecule has 0 bridgehead atoms. The first-order valence-electron chi connectivity index (χ1n) is 15.4. The average Bonchev–Trinajstić information content (AvgIpc) is 3.80. The van der Waals surface area contributed by atoms with E-state index in [2.05, 4.69) is 22.3 Å². The molecule has 2 aliphatic rings. The lowest BCUT2D eigenvalue weighted by atomic mass is 9.92. The average molecular weight is 626 g/mol. The van der Waals surface area contributed by atoms with Gasteiger partial charge in [-0.15, -0.1) is 11.3 Å². The SMILES string of the molecule is CC(C)C=C1CN(Cc2c(F)cccc2F)c2sc(-c3ccc(NC(=O)C4CC4)cc3)c(CN(C)Cc3ccccc3)c2C1=O. The summed E-state index contributed by atoms with van der Waals surface area (Å²) in [6, 6.07) is 21.8. The first kappa shape index (κ1) is 30.9. The topological polar surface area (TPSA) is 52.7 Å². The molecule has 6 rings (SSSR count). The van der Waals surface area contributed by atoms with Crippen LogP contribution in [0.3, 0.4) is 0 Å². The van der Waals surface area contributed by atoms with Crippen molar-refractivity contribution in [2.45, 2.75) is 46.3 Å². The molecule has 8 heteroatoms. The monoisotopic (exact) mass is 625 g/mol. The molecular weight excluding hydrogens is 588 g/mol. The van der Waals surface area contributed by atoms with Gasteiger partial charge in [-0.25, -0.2) is 8.78 Å². The number of Topliss-reactive ketones (excluding diaryl/α,β-unsaturated/α-hetero) is 1. The number of fused-ring (bicyclic) bond motifs is 1. The summed E-state index contributed by atoms with van der Waals surface area (Å²) in [4.78, 5) is 31.6. The van der Waals surface area contributed by atoms with Gasteiger partial charge in [0.05, 0.1) is 5.56 Å². The number of rotatable bonds is 10. The molecule has 1 saturated carbocycles. The first-order valence-corrected chi connectivity index (χ1v) is 16.2. The van der Waals surface area contributed by atoms with E-state index in [0.29, 0.717) is 29.2 Å². The third-order valence-corrected chi connectivity index (χ3v) is 9.53. The lowest BCUT2D eigenvalue weighted by Gasteiger charge is -2.31. The van der Waals surface area contributed by atoms with Crippen LogP contribution in [0.2, 0.25) is 0 Å². The molecule has 1 fully saturated rings. The normalized spacial score (nSPS) is 15.7. The van der Waals surface area contributed by atoms with Crippen LogP contribution in [0.5, 0.6) is 0 Å². The zero-order valence-electron chi connectivity index (χ0n) is 25.8. The van der Waals surface area contributed by atoms with Crippen molar-refractivity contribution >= 4 is 33.7 Å². The van der Waals surface area contributed by atoms with Crippen LogP contribution in [0, 0.1) is 23.5 Å². The van der Waals surface area contributed by atoms with E-state index in [-0.39, 0.29) is 42.2 Å². The van der Waals surface area contributed by atoms with Gasteiger partial charge in [0.2, 0.25) is 5.91 Å². The molecule has 5 nitrogen and oxygen atoms in total. The van der Waals surface area contributed by atoms with Crippen molar-refractivity contribution in [1.29, 1.82) is 0 Å². The van der Waals surface area contributed by atoms with Crippen LogP contribution < -0.4 is 10.2 Å². The molecular formula is C37H37F2N3O2S. The van der Waals surface area contributed by atoms with Gasteiger partial charge in [0, 0.05) is 53.8 Å². The zero-order valence-corrected chi connectivity index (χ0v) is 26.6. The summed E-state index contributed by atoms with van der Waals surface area (Å²) in [6.07, 6.45) is 3.82. The highest BCUT2D eigenvalue weighted by atomic mass is 32.1. The number of anilines is 2. The lowest BCUT2D eigenvalue weighted by molar-refractivity contribution is -0.117. The van der Waals surface area contributed by atoms with Gasteiger partial charge in [0.25, 0.3) is 0 Å². The number of hydrogen-bond donors (Lipinski definition) is 1. The maximum Gasteiger partial charge on any atom is 0.227 e. The Hall–Kier alpha value is -4.14. The van der Waals surface area contributed by atoms with Crippen molar-refractivity contribution in [3.05, 3.63) is 118 Å². The molecule has 0 unspecified atom stereocenters. The van der Waals surface area contributed by atoms with Crippen LogP contribution in [0.1, 0.15) is 53.7 Å². The zero-order chi connectivity index (χ0) is 31.7. The standard InChI is InChI=1S/C37H37F2N3O2S/c1-23(2)18-27-20-42(22-29-31(38)10-7-11-32(29)39)37-33(34(27)43)30(21-41(3)19-24-8-5-4-6-9-24)35(45-37)25-14-16-28(17-15-25)40-36(44)26-12-13-26/h4-11,14-18,23,26H,12-13,19-22H2,1-3H3,(H,40,44). The van der Waals surface area contributed by atoms with Crippen LogP contribution in [0.15, 0.2) is 84.4 Å². The van der Waals surface area contributed by atoms with Gasteiger partial charge >= 0.3 is 0 Å². The van der Waals surface area contributed by atoms with Crippen molar-refractivity contribution < 1.29 is 18.4 Å². The molecule has 45 heavy (non-hydrogen) atoms. The lowest BCUT2D eigenvalue weighted by Crippen LogP contribution is -2.34. The van der Waals surface area contributed by atoms with Gasteiger partial charge < -0.3 is 10.2 Å². The summed E-state index contributed by atoms with van der Waals surface area (Å²) < 4.78 is 29.8. The van der Waals surface area contributed by atoms with Gasteiger partial charge in [0.15, 0.2) is 5.78 Å². The second-order valence-corrected chi connectivity index (χ2v) is 13.4. The van der Waals surface area contributed by atoms with Crippen molar-refractivity contribution in [3.63, 3.8) is 0 Å². The maximum atomic E-state index is 14.9. The Morgan fingerprint density at radius 2 is 1.67 bits per heavy atom. The number of nitrogens with one attached hydrogen (secondary N) is 1. The van der Waals surface area contributed by atoms with Crippen LogP contribution in [-0.4, -0.2) is 30.2 Å². The fraction of sp³-hybridized carbons (Fsp3) is 0.297. The van der Waals surface area contributed by atoms with Crippen molar-refractivity contribution in [1.82, 2.24) is 4.90 Å². The van der Waals surface area contributed by atoms with Crippen LogP contribution >= 0.6 is 11.3 Å². The van der Waals surface area contributed by atoms with E-state index in [1.807, 2.05) is 74.3 Å². The van der Waals surface area contributed by atoms with E-state index in [4.69, 9.17) is 0 Å². The fourth-order valence-electron chi connectivity index (χ4n) is 5.85. The number of carbonyl (C=O) groups is 2. The number of ketones is 1. The number of benzene rings is 3. The fourth-order valence-corrected chi connectivity index (χ4v) is 7.16. The second kappa shape index (κ2) is 13.1. The number of thiophene rings is 1. The van der Waals surface area contributed by atoms with E-state index in [0.717, 1.165) is 40.1 Å². The van der Waals surface area contributed by atoms with Gasteiger partial charge in [-0.05, 0) is 66.8 Å². The van der Waals surface area contributed by atoms with Gasteiger partial charge in [-0.2, -0.15) is 0 Å². The number of hydrogen-bond acceptors (Lipinski definition) is 5. The number of halogens is 2. The molecule has 1 N–H and O–H groups in total. The molecule has 2 heterocycles. The summed E-state index contributed by atoms with van der Waals surface area (Å²) in [5.74, 6) is -0.979. The van der Waals surface area contributed by atoms with Crippen molar-refractivity contribution in [2.75, 3.05) is 23.8 Å². The second-order valence-electron chi connectivity index (χ2n) is 12.4. The molecule has 4 aromatic rings. The minimum atomic E-state index is -0.605. The number of nitrogens with zero attached hydrogens (tertiary/aromatic N) is 2. The molecule has 1 aromatic heterocycles. The number of carbonyl (C=O) groups excluding carboxylic acids is 2. The Morgan fingerprint density at radius 1 is 0.978 bits per heavy atom. The smallest absolute Gasteiger partial charge is 0.227 e. The van der Waals surface area contributed by atoms with E-state index in [9.17, 15) is 18.4 Å². The summed E-state index contributed by atoms with van der Waals surface area (Å²) in [7, 11) is 2.03. The van der Waals surface area contributed by atoms with E-state index in [1.165, 1.54) is 29.5 Å². The summed E-state index contributed by atoms with van der Waals surface area (Å²) in [6.45, 7) is 5.49. The highest BCUT2D eigenvalue weighted by Crippen LogP contribution is 2.47. The highest BCUT2D eigenvalue weighted by Gasteiger charge is 2.35. The Kier molecular flexibility index (Phi) is 8.97. The van der Waals surface area contributed by atoms with E-state index < -0.39 is 11.6 Å². The Balaban J connectivity index is 1.44. The quantitative estimate of drug-likeness (QED) is 0.180. The minimum absolute atomic E-state index is 0.000391. The predicted molar refractivity (Wildman–Crippen MR) is 177 cm³/mol. The number of allylic oxidation sites excluding steroid dienone is 1. The van der Waals surface area contributed by atoms with Crippen LogP contribution in [-0.2, 0) is 24.4 Å². The molecule has 0 saturated heterocycles. The maximum absolute atomic E-state index is 14.9. The molecule has 1 aliphatic heterocycles. The van der Waals surface area contributed by atoms with Gasteiger partial charge in [-0.1, -0.05) is 68.5 Å². The molecule has 0 atom stereocenters. The molecule has 3 aromatic carbocycles. The Bertz CT molecular complexity index is 1720. The van der Waals surface area contributed by atoms with E-state index in [1.54, 1.807) is 0 Å². The summed E-state index contributed by atoms with van der Waals surface area (Å²) >= 11 is 1.48. The van der Waals surface area contributed by atoms with Crippen molar-refractivity contribution in [2.24, 2.45) is 11.8 Å². The molecule has 0 spiro atoms. The Labute approximate surface area is 267 Å². The van der Waals surface area contributed by atoms with E-state index >= 15 is 0 Å². The summed E-state index contributed by atoms with van der Waals surface area (Å²) in [5.41, 5.74) is 4.90. The van der Waals surface area contributed by atoms with Gasteiger partial charge in [0.1, 0.15) is 16.6 Å². The molecule has 1 aliphatic carbocycles. The van der Waals surface area contributed by atoms with Crippen molar-refractivity contribution in [3.8, 4) is 10.4 Å². The molecule has 0 radical (unpaired) electrons. The number of amides is 1. The highest BCUT2D eigenvalue weighted by molar-refractivity contribution is 7.20. The largest absolute Gasteiger partial charge is 0.354 e. The predicted octanol–water partition coefficient (Wildman–Crippen LogP) is 8.46. The minimum Gasteiger partial charge on any atom is -0.354 e. The van der Waals surface area contributed by atoms with Gasteiger partial charge in [-0.3, -0.25) is 14.5 Å². The third-order valence-electron chi connectivity index (χ3n) is 8.19. The molecule has 232 valence electrons. The Morgan fingerprint density at radius 3 is 2.31 bits per heavy atom. The molecule has 1 amide bonds. The third kappa shape index (κ3) is 6.92. The van der Waals surface area contributed by atoms with Crippen LogP contribution in [0.25, 0.3) is 10.4 Å². The summed E-state index contributed by atoms with van der Waals surface area (Å²) in [5, 5.41) is 3.71. The van der Waals surface area contributed by atoms with Crippen LogP contribution in [0.4, 0.5) is 19.5 Å².